The lowest BCUT2D eigenvalue weighted by Crippen LogP contribution is -2.25. The van der Waals surface area contributed by atoms with Crippen LogP contribution in [0.5, 0.6) is 0 Å². The molecule has 4 heteroatoms. The number of aryl methyl sites for hydroxylation is 1. The second kappa shape index (κ2) is 6.64. The van der Waals surface area contributed by atoms with Gasteiger partial charge in [0.05, 0.1) is 6.04 Å². The molecule has 1 aromatic carbocycles. The van der Waals surface area contributed by atoms with E-state index in [4.69, 9.17) is 11.6 Å². The maximum absolute atomic E-state index is 5.90. The highest BCUT2D eigenvalue weighted by molar-refractivity contribution is 6.30. The van der Waals surface area contributed by atoms with Crippen molar-refractivity contribution in [2.24, 2.45) is 0 Å². The third-order valence-corrected chi connectivity index (χ3v) is 3.17. The van der Waals surface area contributed by atoms with Crippen molar-refractivity contribution in [1.29, 1.82) is 0 Å². The van der Waals surface area contributed by atoms with Crippen molar-refractivity contribution >= 4 is 11.6 Å². The molecule has 0 spiro atoms. The van der Waals surface area contributed by atoms with Crippen LogP contribution in [0.15, 0.2) is 36.7 Å². The first-order chi connectivity index (χ1) is 9.19. The average molecular weight is 276 g/mol. The predicted octanol–water partition coefficient (Wildman–Crippen LogP) is 3.33. The summed E-state index contributed by atoms with van der Waals surface area (Å²) in [6, 6.07) is 8.04. The van der Waals surface area contributed by atoms with Crippen molar-refractivity contribution in [3.8, 4) is 0 Å². The van der Waals surface area contributed by atoms with Gasteiger partial charge in [-0.15, -0.1) is 0 Å². The van der Waals surface area contributed by atoms with Crippen LogP contribution >= 0.6 is 11.6 Å². The van der Waals surface area contributed by atoms with Crippen LogP contribution in [0.1, 0.15) is 29.9 Å². The van der Waals surface area contributed by atoms with E-state index in [9.17, 15) is 0 Å². The normalized spacial score (nSPS) is 12.4. The molecule has 0 aliphatic heterocycles. The lowest BCUT2D eigenvalue weighted by molar-refractivity contribution is 0.521. The summed E-state index contributed by atoms with van der Waals surface area (Å²) in [6.07, 6.45) is 4.57. The molecule has 100 valence electrons. The van der Waals surface area contributed by atoms with Gasteiger partial charge in [-0.1, -0.05) is 30.7 Å². The maximum atomic E-state index is 5.90. The molecule has 1 N–H and O–H groups in total. The summed E-state index contributed by atoms with van der Waals surface area (Å²) < 4.78 is 0. The molecule has 0 amide bonds. The Bertz CT molecular complexity index is 508. The fourth-order valence-electron chi connectivity index (χ4n) is 1.94. The molecule has 1 atom stereocenters. The monoisotopic (exact) mass is 275 g/mol. The number of halogens is 1. The van der Waals surface area contributed by atoms with Crippen molar-refractivity contribution in [3.63, 3.8) is 0 Å². The van der Waals surface area contributed by atoms with E-state index >= 15 is 0 Å². The lowest BCUT2D eigenvalue weighted by Gasteiger charge is -2.16. The molecule has 1 heterocycles. The van der Waals surface area contributed by atoms with Gasteiger partial charge in [0.2, 0.25) is 0 Å². The SMILES string of the molecule is CCNC(Cc1ccc(Cl)cc1)c1ncc(C)cn1. The number of nitrogens with one attached hydrogen (secondary N) is 1. The third-order valence-electron chi connectivity index (χ3n) is 2.92. The van der Waals surface area contributed by atoms with Crippen molar-refractivity contribution in [2.45, 2.75) is 26.3 Å². The standard InChI is InChI=1S/C15H18ClN3/c1-3-17-14(15-18-9-11(2)10-19-15)8-12-4-6-13(16)7-5-12/h4-7,9-10,14,17H,3,8H2,1-2H3. The van der Waals surface area contributed by atoms with Crippen LogP contribution in [0.25, 0.3) is 0 Å². The average Bonchev–Trinajstić information content (AvgIpc) is 2.42. The summed E-state index contributed by atoms with van der Waals surface area (Å²) in [7, 11) is 0. The lowest BCUT2D eigenvalue weighted by atomic mass is 10.1. The number of nitrogens with zero attached hydrogens (tertiary/aromatic N) is 2. The molecule has 19 heavy (non-hydrogen) atoms. The van der Waals surface area contributed by atoms with Gasteiger partial charge in [0.25, 0.3) is 0 Å². The highest BCUT2D eigenvalue weighted by Crippen LogP contribution is 2.17. The van der Waals surface area contributed by atoms with Gasteiger partial charge in [-0.05, 0) is 43.1 Å². The predicted molar refractivity (Wildman–Crippen MR) is 78.3 cm³/mol. The molecule has 0 bridgehead atoms. The Balaban J connectivity index is 2.15. The van der Waals surface area contributed by atoms with E-state index in [0.29, 0.717) is 0 Å². The summed E-state index contributed by atoms with van der Waals surface area (Å²) in [5.41, 5.74) is 2.30. The van der Waals surface area contributed by atoms with E-state index < -0.39 is 0 Å². The van der Waals surface area contributed by atoms with Crippen LogP contribution < -0.4 is 5.32 Å². The highest BCUT2D eigenvalue weighted by Gasteiger charge is 2.13. The minimum Gasteiger partial charge on any atom is -0.307 e. The minimum atomic E-state index is 0.131. The number of benzene rings is 1. The quantitative estimate of drug-likeness (QED) is 0.909. The first kappa shape index (κ1) is 14.0. The molecule has 0 saturated carbocycles. The number of hydrogen-bond acceptors (Lipinski definition) is 3. The van der Waals surface area contributed by atoms with E-state index in [1.807, 2.05) is 43.6 Å². The zero-order chi connectivity index (χ0) is 13.7. The van der Waals surface area contributed by atoms with E-state index in [2.05, 4.69) is 22.2 Å². The summed E-state index contributed by atoms with van der Waals surface area (Å²) in [5.74, 6) is 0.836. The van der Waals surface area contributed by atoms with Crippen molar-refractivity contribution in [1.82, 2.24) is 15.3 Å². The molecule has 3 nitrogen and oxygen atoms in total. The summed E-state index contributed by atoms with van der Waals surface area (Å²) >= 11 is 5.90. The second-order valence-electron chi connectivity index (χ2n) is 4.56. The second-order valence-corrected chi connectivity index (χ2v) is 5.00. The van der Waals surface area contributed by atoms with Gasteiger partial charge >= 0.3 is 0 Å². The molecule has 2 rings (SSSR count). The van der Waals surface area contributed by atoms with Crippen LogP contribution in [-0.2, 0) is 6.42 Å². The fourth-order valence-corrected chi connectivity index (χ4v) is 2.07. The molecule has 1 unspecified atom stereocenters. The van der Waals surface area contributed by atoms with E-state index in [-0.39, 0.29) is 6.04 Å². The van der Waals surface area contributed by atoms with Gasteiger partial charge in [0, 0.05) is 17.4 Å². The number of aromatic nitrogens is 2. The number of likely N-dealkylation sites (N-methyl/N-ethyl adjacent to an activating group) is 1. The van der Waals surface area contributed by atoms with E-state index in [0.717, 1.165) is 29.4 Å². The Morgan fingerprint density at radius 1 is 1.16 bits per heavy atom. The van der Waals surface area contributed by atoms with Gasteiger partial charge < -0.3 is 5.32 Å². The molecular weight excluding hydrogens is 258 g/mol. The summed E-state index contributed by atoms with van der Waals surface area (Å²) in [6.45, 7) is 4.96. The van der Waals surface area contributed by atoms with Gasteiger partial charge in [-0.2, -0.15) is 0 Å². The van der Waals surface area contributed by atoms with Crippen molar-refractivity contribution < 1.29 is 0 Å². The Kier molecular flexibility index (Phi) is 4.88. The van der Waals surface area contributed by atoms with E-state index in [1.54, 1.807) is 0 Å². The van der Waals surface area contributed by atoms with Gasteiger partial charge in [0.1, 0.15) is 5.82 Å². The third kappa shape index (κ3) is 4.01. The van der Waals surface area contributed by atoms with Crippen molar-refractivity contribution in [2.75, 3.05) is 6.54 Å². The molecule has 2 aromatic rings. The number of rotatable bonds is 5. The van der Waals surface area contributed by atoms with Gasteiger partial charge in [-0.25, -0.2) is 9.97 Å². The van der Waals surface area contributed by atoms with Gasteiger partial charge in [0.15, 0.2) is 0 Å². The van der Waals surface area contributed by atoms with Crippen molar-refractivity contribution in [3.05, 3.63) is 58.6 Å². The summed E-state index contributed by atoms with van der Waals surface area (Å²) in [4.78, 5) is 8.82. The first-order valence-corrected chi connectivity index (χ1v) is 6.83. The van der Waals surface area contributed by atoms with Crippen LogP contribution in [-0.4, -0.2) is 16.5 Å². The maximum Gasteiger partial charge on any atom is 0.145 e. The highest BCUT2D eigenvalue weighted by atomic mass is 35.5. The molecule has 0 aliphatic carbocycles. The Labute approximate surface area is 119 Å². The zero-order valence-electron chi connectivity index (χ0n) is 11.2. The fraction of sp³-hybridized carbons (Fsp3) is 0.333. The molecule has 0 saturated heterocycles. The molecular formula is C15H18ClN3. The Hall–Kier alpha value is -1.45. The van der Waals surface area contributed by atoms with Crippen LogP contribution in [0, 0.1) is 6.92 Å². The zero-order valence-corrected chi connectivity index (χ0v) is 12.0. The largest absolute Gasteiger partial charge is 0.307 e. The first-order valence-electron chi connectivity index (χ1n) is 6.45. The van der Waals surface area contributed by atoms with Gasteiger partial charge in [-0.3, -0.25) is 0 Å². The van der Waals surface area contributed by atoms with Crippen LogP contribution in [0.3, 0.4) is 0 Å². The van der Waals surface area contributed by atoms with E-state index in [1.165, 1.54) is 5.56 Å². The van der Waals surface area contributed by atoms with Crippen LogP contribution in [0.4, 0.5) is 0 Å². The molecule has 1 aromatic heterocycles. The topological polar surface area (TPSA) is 37.8 Å². The molecule has 0 radical (unpaired) electrons. The minimum absolute atomic E-state index is 0.131. The van der Waals surface area contributed by atoms with Crippen LogP contribution in [0.2, 0.25) is 5.02 Å². The Morgan fingerprint density at radius 2 is 1.79 bits per heavy atom. The number of hydrogen-bond donors (Lipinski definition) is 1. The molecule has 0 fully saturated rings. The Morgan fingerprint density at radius 3 is 2.37 bits per heavy atom. The summed E-state index contributed by atoms with van der Waals surface area (Å²) in [5, 5.41) is 4.18. The smallest absolute Gasteiger partial charge is 0.145 e. The molecule has 0 aliphatic rings.